The minimum absolute atomic E-state index is 0.0210. The van der Waals surface area contributed by atoms with E-state index in [4.69, 9.17) is 9.47 Å². The van der Waals surface area contributed by atoms with Gasteiger partial charge in [-0.1, -0.05) is 6.07 Å². The molecule has 1 N–H and O–H groups in total. The van der Waals surface area contributed by atoms with E-state index in [1.807, 2.05) is 19.9 Å². The lowest BCUT2D eigenvalue weighted by Crippen LogP contribution is -2.18. The molecule has 0 bridgehead atoms. The van der Waals surface area contributed by atoms with Gasteiger partial charge < -0.3 is 9.47 Å². The van der Waals surface area contributed by atoms with Crippen molar-refractivity contribution in [3.05, 3.63) is 53.9 Å². The summed E-state index contributed by atoms with van der Waals surface area (Å²) in [5, 5.41) is 3.91. The quantitative estimate of drug-likeness (QED) is 0.657. The van der Waals surface area contributed by atoms with Crippen LogP contribution in [0.5, 0.6) is 11.5 Å². The molecule has 0 radical (unpaired) electrons. The Hall–Kier alpha value is -2.89. The number of rotatable bonds is 6. The summed E-state index contributed by atoms with van der Waals surface area (Å²) in [5.74, 6) is 0.764. The molecule has 0 saturated heterocycles. The molecule has 6 heteroatoms. The third kappa shape index (κ3) is 4.81. The van der Waals surface area contributed by atoms with E-state index in [-0.39, 0.29) is 12.0 Å². The Morgan fingerprint density at radius 1 is 1.30 bits per heavy atom. The zero-order chi connectivity index (χ0) is 16.7. The molecule has 6 nitrogen and oxygen atoms in total. The van der Waals surface area contributed by atoms with Gasteiger partial charge in [-0.3, -0.25) is 9.78 Å². The number of nitrogens with zero attached hydrogens (tertiary/aromatic N) is 2. The molecular formula is C17H19N3O3. The molecule has 0 saturated carbocycles. The van der Waals surface area contributed by atoms with Crippen LogP contribution in [0.15, 0.2) is 47.8 Å². The summed E-state index contributed by atoms with van der Waals surface area (Å²) < 4.78 is 10.9. The number of amides is 1. The molecule has 0 unspecified atom stereocenters. The highest BCUT2D eigenvalue weighted by Crippen LogP contribution is 2.28. The van der Waals surface area contributed by atoms with E-state index in [0.29, 0.717) is 17.1 Å². The van der Waals surface area contributed by atoms with Crippen molar-refractivity contribution in [1.29, 1.82) is 0 Å². The van der Waals surface area contributed by atoms with Crippen LogP contribution in [-0.2, 0) is 0 Å². The van der Waals surface area contributed by atoms with Crippen molar-refractivity contribution in [3.8, 4) is 11.5 Å². The standard InChI is InChI=1S/C17H19N3O3/c1-12(2)23-15-7-6-14(9-16(15)22-3)17(21)20-19-11-13-5-4-8-18-10-13/h4-12H,1-3H3,(H,20,21)/b19-11+. The fraction of sp³-hybridized carbons (Fsp3) is 0.235. The van der Waals surface area contributed by atoms with Gasteiger partial charge >= 0.3 is 0 Å². The molecule has 0 fully saturated rings. The zero-order valence-corrected chi connectivity index (χ0v) is 13.3. The predicted molar refractivity (Wildman–Crippen MR) is 88.1 cm³/mol. The van der Waals surface area contributed by atoms with Crippen molar-refractivity contribution < 1.29 is 14.3 Å². The Kier molecular flexibility index (Phi) is 5.68. The number of ether oxygens (including phenoxy) is 2. The minimum Gasteiger partial charge on any atom is -0.493 e. The smallest absolute Gasteiger partial charge is 0.271 e. The van der Waals surface area contributed by atoms with Gasteiger partial charge in [0.15, 0.2) is 11.5 Å². The molecule has 0 aliphatic rings. The topological polar surface area (TPSA) is 72.8 Å². The van der Waals surface area contributed by atoms with E-state index in [2.05, 4.69) is 15.5 Å². The second-order valence-corrected chi connectivity index (χ2v) is 5.02. The third-order valence-corrected chi connectivity index (χ3v) is 2.85. The van der Waals surface area contributed by atoms with Crippen LogP contribution in [0.1, 0.15) is 29.8 Å². The van der Waals surface area contributed by atoms with Crippen molar-refractivity contribution >= 4 is 12.1 Å². The predicted octanol–water partition coefficient (Wildman–Crippen LogP) is 2.64. The van der Waals surface area contributed by atoms with E-state index in [1.165, 1.54) is 13.3 Å². The van der Waals surface area contributed by atoms with Crippen LogP contribution < -0.4 is 14.9 Å². The van der Waals surface area contributed by atoms with Gasteiger partial charge in [0.2, 0.25) is 0 Å². The molecule has 1 heterocycles. The van der Waals surface area contributed by atoms with Gasteiger partial charge in [0.25, 0.3) is 5.91 Å². The van der Waals surface area contributed by atoms with Gasteiger partial charge in [0.1, 0.15) is 0 Å². The van der Waals surface area contributed by atoms with E-state index in [9.17, 15) is 4.79 Å². The number of carbonyl (C=O) groups excluding carboxylic acids is 1. The molecule has 2 aromatic rings. The first-order valence-electron chi connectivity index (χ1n) is 7.18. The number of carbonyl (C=O) groups is 1. The summed E-state index contributed by atoms with van der Waals surface area (Å²) in [6, 6.07) is 8.62. The Labute approximate surface area is 135 Å². The SMILES string of the molecule is COc1cc(C(=O)N/N=C/c2cccnc2)ccc1OC(C)C. The maximum atomic E-state index is 12.1. The van der Waals surface area contributed by atoms with Crippen molar-refractivity contribution in [2.45, 2.75) is 20.0 Å². The van der Waals surface area contributed by atoms with Gasteiger partial charge in [-0.2, -0.15) is 5.10 Å². The van der Waals surface area contributed by atoms with Crippen LogP contribution in [0.25, 0.3) is 0 Å². The Balaban J connectivity index is 2.06. The summed E-state index contributed by atoms with van der Waals surface area (Å²) in [6.45, 7) is 3.85. The molecule has 2 rings (SSSR count). The van der Waals surface area contributed by atoms with Crippen LogP contribution in [0.4, 0.5) is 0 Å². The molecule has 0 aliphatic heterocycles. The number of nitrogens with one attached hydrogen (secondary N) is 1. The number of pyridine rings is 1. The van der Waals surface area contributed by atoms with Crippen LogP contribution in [0.3, 0.4) is 0 Å². The summed E-state index contributed by atoms with van der Waals surface area (Å²) in [5.41, 5.74) is 3.69. The van der Waals surface area contributed by atoms with E-state index >= 15 is 0 Å². The molecule has 1 aromatic carbocycles. The van der Waals surface area contributed by atoms with Crippen LogP contribution in [0.2, 0.25) is 0 Å². The molecule has 0 spiro atoms. The highest BCUT2D eigenvalue weighted by atomic mass is 16.5. The Morgan fingerprint density at radius 3 is 2.78 bits per heavy atom. The average Bonchev–Trinajstić information content (AvgIpc) is 2.55. The van der Waals surface area contributed by atoms with Crippen molar-refractivity contribution in [1.82, 2.24) is 10.4 Å². The van der Waals surface area contributed by atoms with Gasteiger partial charge in [-0.15, -0.1) is 0 Å². The summed E-state index contributed by atoms with van der Waals surface area (Å²) in [4.78, 5) is 16.1. The maximum Gasteiger partial charge on any atom is 0.271 e. The Bertz CT molecular complexity index is 685. The fourth-order valence-electron chi connectivity index (χ4n) is 1.84. The largest absolute Gasteiger partial charge is 0.493 e. The highest BCUT2D eigenvalue weighted by Gasteiger charge is 2.11. The lowest BCUT2D eigenvalue weighted by atomic mass is 10.2. The second-order valence-electron chi connectivity index (χ2n) is 5.02. The minimum atomic E-state index is -0.334. The van der Waals surface area contributed by atoms with E-state index in [0.717, 1.165) is 5.56 Å². The lowest BCUT2D eigenvalue weighted by Gasteiger charge is -2.14. The fourth-order valence-corrected chi connectivity index (χ4v) is 1.84. The number of methoxy groups -OCH3 is 1. The molecule has 23 heavy (non-hydrogen) atoms. The molecule has 0 atom stereocenters. The average molecular weight is 313 g/mol. The number of hydrogen-bond donors (Lipinski definition) is 1. The summed E-state index contributed by atoms with van der Waals surface area (Å²) in [7, 11) is 1.53. The van der Waals surface area contributed by atoms with Crippen molar-refractivity contribution in [3.63, 3.8) is 0 Å². The van der Waals surface area contributed by atoms with Crippen LogP contribution in [0, 0.1) is 0 Å². The number of hydrogen-bond acceptors (Lipinski definition) is 5. The third-order valence-electron chi connectivity index (χ3n) is 2.85. The summed E-state index contributed by atoms with van der Waals surface area (Å²) in [6.07, 6.45) is 4.87. The Morgan fingerprint density at radius 2 is 2.13 bits per heavy atom. The first-order chi connectivity index (χ1) is 11.1. The number of aromatic nitrogens is 1. The monoisotopic (exact) mass is 313 g/mol. The maximum absolute atomic E-state index is 12.1. The molecule has 0 aliphatic carbocycles. The van der Waals surface area contributed by atoms with Gasteiger partial charge in [-0.05, 0) is 38.1 Å². The highest BCUT2D eigenvalue weighted by molar-refractivity contribution is 5.95. The molecule has 1 amide bonds. The first-order valence-corrected chi connectivity index (χ1v) is 7.18. The number of benzene rings is 1. The van der Waals surface area contributed by atoms with Crippen molar-refractivity contribution in [2.75, 3.05) is 7.11 Å². The zero-order valence-electron chi connectivity index (χ0n) is 13.3. The molecular weight excluding hydrogens is 294 g/mol. The molecule has 1 aromatic heterocycles. The van der Waals surface area contributed by atoms with Gasteiger partial charge in [0, 0.05) is 23.5 Å². The second kappa shape index (κ2) is 7.93. The lowest BCUT2D eigenvalue weighted by molar-refractivity contribution is 0.0954. The number of hydrazone groups is 1. The summed E-state index contributed by atoms with van der Waals surface area (Å²) >= 11 is 0. The first kappa shape index (κ1) is 16.5. The van der Waals surface area contributed by atoms with Crippen molar-refractivity contribution in [2.24, 2.45) is 5.10 Å². The van der Waals surface area contributed by atoms with Crippen LogP contribution in [-0.4, -0.2) is 30.3 Å². The van der Waals surface area contributed by atoms with E-state index in [1.54, 1.807) is 36.7 Å². The normalized spacial score (nSPS) is 10.8. The molecule has 120 valence electrons. The van der Waals surface area contributed by atoms with E-state index < -0.39 is 0 Å². The van der Waals surface area contributed by atoms with Gasteiger partial charge in [-0.25, -0.2) is 5.43 Å². The van der Waals surface area contributed by atoms with Gasteiger partial charge in [0.05, 0.1) is 19.4 Å². The van der Waals surface area contributed by atoms with Crippen LogP contribution >= 0.6 is 0 Å².